The molecule has 1 aromatic carbocycles. The Morgan fingerprint density at radius 3 is 2.61 bits per heavy atom. The zero-order chi connectivity index (χ0) is 13.1. The van der Waals surface area contributed by atoms with Crippen LogP contribution < -0.4 is 5.63 Å². The van der Waals surface area contributed by atoms with Gasteiger partial charge in [0.15, 0.2) is 0 Å². The fourth-order valence-corrected chi connectivity index (χ4v) is 2.04. The van der Waals surface area contributed by atoms with Crippen molar-refractivity contribution in [3.8, 4) is 5.75 Å². The van der Waals surface area contributed by atoms with E-state index in [2.05, 4.69) is 18.7 Å². The van der Waals surface area contributed by atoms with E-state index in [4.69, 9.17) is 4.42 Å². The molecule has 0 aliphatic rings. The minimum Gasteiger partial charge on any atom is -0.508 e. The Morgan fingerprint density at radius 1 is 1.22 bits per heavy atom. The molecule has 1 heterocycles. The topological polar surface area (TPSA) is 53.7 Å². The number of hydrogen-bond acceptors (Lipinski definition) is 4. The van der Waals surface area contributed by atoms with Crippen LogP contribution in [-0.4, -0.2) is 23.1 Å². The molecule has 4 heteroatoms. The Morgan fingerprint density at radius 2 is 1.94 bits per heavy atom. The summed E-state index contributed by atoms with van der Waals surface area (Å²) in [4.78, 5) is 13.7. The van der Waals surface area contributed by atoms with Crippen LogP contribution in [0.25, 0.3) is 11.0 Å². The Balaban J connectivity index is 2.52. The van der Waals surface area contributed by atoms with E-state index in [-0.39, 0.29) is 11.4 Å². The molecule has 0 atom stereocenters. The molecule has 0 aliphatic heterocycles. The highest BCUT2D eigenvalue weighted by Crippen LogP contribution is 2.22. The zero-order valence-corrected chi connectivity index (χ0v) is 10.6. The van der Waals surface area contributed by atoms with Crippen LogP contribution in [0.1, 0.15) is 19.4 Å². The SMILES string of the molecule is CCN(CC)Cc1cc(=O)oc2cc(O)ccc12. The molecule has 0 saturated heterocycles. The van der Waals surface area contributed by atoms with Crippen LogP contribution in [0.4, 0.5) is 0 Å². The summed E-state index contributed by atoms with van der Waals surface area (Å²) in [7, 11) is 0. The third kappa shape index (κ3) is 2.54. The van der Waals surface area contributed by atoms with Crippen LogP contribution in [0.3, 0.4) is 0 Å². The Kier molecular flexibility index (Phi) is 3.67. The van der Waals surface area contributed by atoms with Gasteiger partial charge in [-0.05, 0) is 30.8 Å². The van der Waals surface area contributed by atoms with Crippen molar-refractivity contribution < 1.29 is 9.52 Å². The van der Waals surface area contributed by atoms with Crippen molar-refractivity contribution >= 4 is 11.0 Å². The van der Waals surface area contributed by atoms with Crippen molar-refractivity contribution in [1.82, 2.24) is 4.90 Å². The maximum absolute atomic E-state index is 11.5. The molecule has 96 valence electrons. The molecule has 1 aromatic heterocycles. The zero-order valence-electron chi connectivity index (χ0n) is 10.6. The first-order chi connectivity index (χ1) is 8.63. The maximum Gasteiger partial charge on any atom is 0.336 e. The van der Waals surface area contributed by atoms with Gasteiger partial charge >= 0.3 is 5.63 Å². The van der Waals surface area contributed by atoms with Crippen LogP contribution in [-0.2, 0) is 6.54 Å². The minimum absolute atomic E-state index is 0.102. The van der Waals surface area contributed by atoms with Gasteiger partial charge in [0.25, 0.3) is 0 Å². The van der Waals surface area contributed by atoms with E-state index in [1.165, 1.54) is 12.1 Å². The van der Waals surface area contributed by atoms with E-state index in [1.54, 1.807) is 12.1 Å². The summed E-state index contributed by atoms with van der Waals surface area (Å²) in [5.74, 6) is 0.102. The fourth-order valence-electron chi connectivity index (χ4n) is 2.04. The Bertz CT molecular complexity index is 600. The molecule has 0 fully saturated rings. The van der Waals surface area contributed by atoms with Crippen LogP contribution in [0.5, 0.6) is 5.75 Å². The lowest BCUT2D eigenvalue weighted by Crippen LogP contribution is -2.22. The van der Waals surface area contributed by atoms with Crippen molar-refractivity contribution in [1.29, 1.82) is 0 Å². The molecule has 0 aliphatic carbocycles. The maximum atomic E-state index is 11.5. The standard InChI is InChI=1S/C14H17NO3/c1-3-15(4-2)9-10-7-14(17)18-13-8-11(16)5-6-12(10)13/h5-8,16H,3-4,9H2,1-2H3. The smallest absolute Gasteiger partial charge is 0.336 e. The number of hydrogen-bond donors (Lipinski definition) is 1. The second kappa shape index (κ2) is 5.23. The Hall–Kier alpha value is -1.81. The Labute approximate surface area is 105 Å². The van der Waals surface area contributed by atoms with Crippen molar-refractivity contribution in [2.24, 2.45) is 0 Å². The van der Waals surface area contributed by atoms with Gasteiger partial charge in [-0.2, -0.15) is 0 Å². The number of fused-ring (bicyclic) bond motifs is 1. The van der Waals surface area contributed by atoms with E-state index in [1.807, 2.05) is 0 Å². The average Bonchev–Trinajstić information content (AvgIpc) is 2.34. The van der Waals surface area contributed by atoms with Gasteiger partial charge in [-0.25, -0.2) is 4.79 Å². The molecule has 0 unspecified atom stereocenters. The van der Waals surface area contributed by atoms with Gasteiger partial charge in [0, 0.05) is 24.1 Å². The summed E-state index contributed by atoms with van der Waals surface area (Å²) in [5, 5.41) is 10.3. The van der Waals surface area contributed by atoms with Gasteiger partial charge in [-0.1, -0.05) is 13.8 Å². The van der Waals surface area contributed by atoms with Gasteiger partial charge in [-0.3, -0.25) is 4.90 Å². The molecule has 0 radical (unpaired) electrons. The average molecular weight is 247 g/mol. The number of aromatic hydroxyl groups is 1. The van der Waals surface area contributed by atoms with Crippen molar-refractivity contribution in [2.45, 2.75) is 20.4 Å². The predicted molar refractivity (Wildman–Crippen MR) is 70.8 cm³/mol. The van der Waals surface area contributed by atoms with Crippen LogP contribution in [0.2, 0.25) is 0 Å². The molecular weight excluding hydrogens is 230 g/mol. The first kappa shape index (κ1) is 12.6. The van der Waals surface area contributed by atoms with Gasteiger partial charge in [0.1, 0.15) is 11.3 Å². The van der Waals surface area contributed by atoms with Gasteiger partial charge < -0.3 is 9.52 Å². The highest BCUT2D eigenvalue weighted by Gasteiger charge is 2.09. The molecular formula is C14H17NO3. The number of benzene rings is 1. The third-order valence-corrected chi connectivity index (χ3v) is 3.10. The number of phenolic OH excluding ortho intramolecular Hbond substituents is 1. The summed E-state index contributed by atoms with van der Waals surface area (Å²) in [5.41, 5.74) is 0.991. The molecule has 4 nitrogen and oxygen atoms in total. The first-order valence-electron chi connectivity index (χ1n) is 6.12. The minimum atomic E-state index is -0.379. The van der Waals surface area contributed by atoms with Crippen molar-refractivity contribution in [2.75, 3.05) is 13.1 Å². The lowest BCUT2D eigenvalue weighted by atomic mass is 10.1. The van der Waals surface area contributed by atoms with E-state index in [9.17, 15) is 9.90 Å². The summed E-state index contributed by atoms with van der Waals surface area (Å²) in [6.45, 7) is 6.73. The second-order valence-electron chi connectivity index (χ2n) is 4.23. The summed E-state index contributed by atoms with van der Waals surface area (Å²) in [6, 6.07) is 6.39. The van der Waals surface area contributed by atoms with Crippen molar-refractivity contribution in [3.63, 3.8) is 0 Å². The molecule has 0 spiro atoms. The van der Waals surface area contributed by atoms with Gasteiger partial charge in [-0.15, -0.1) is 0 Å². The van der Waals surface area contributed by atoms with Crippen LogP contribution in [0.15, 0.2) is 33.5 Å². The third-order valence-electron chi connectivity index (χ3n) is 3.10. The monoisotopic (exact) mass is 247 g/mol. The molecule has 0 saturated carbocycles. The van der Waals surface area contributed by atoms with Crippen molar-refractivity contribution in [3.05, 3.63) is 40.2 Å². The van der Waals surface area contributed by atoms with E-state index < -0.39 is 0 Å². The fraction of sp³-hybridized carbons (Fsp3) is 0.357. The number of nitrogens with zero attached hydrogens (tertiary/aromatic N) is 1. The normalized spacial score (nSPS) is 11.3. The van der Waals surface area contributed by atoms with Crippen LogP contribution in [0, 0.1) is 0 Å². The lowest BCUT2D eigenvalue weighted by Gasteiger charge is -2.18. The second-order valence-corrected chi connectivity index (χ2v) is 4.23. The van der Waals surface area contributed by atoms with Crippen LogP contribution >= 0.6 is 0 Å². The highest BCUT2D eigenvalue weighted by molar-refractivity contribution is 5.81. The van der Waals surface area contributed by atoms with Gasteiger partial charge in [0.2, 0.25) is 0 Å². The van der Waals surface area contributed by atoms with E-state index in [0.29, 0.717) is 12.1 Å². The molecule has 18 heavy (non-hydrogen) atoms. The molecule has 1 N–H and O–H groups in total. The largest absolute Gasteiger partial charge is 0.508 e. The molecule has 0 amide bonds. The summed E-state index contributed by atoms with van der Waals surface area (Å²) < 4.78 is 5.10. The number of rotatable bonds is 4. The molecule has 2 aromatic rings. The lowest BCUT2D eigenvalue weighted by molar-refractivity contribution is 0.296. The quantitative estimate of drug-likeness (QED) is 0.842. The number of phenols is 1. The predicted octanol–water partition coefficient (Wildman–Crippen LogP) is 2.34. The first-order valence-corrected chi connectivity index (χ1v) is 6.12. The summed E-state index contributed by atoms with van der Waals surface area (Å²) >= 11 is 0. The van der Waals surface area contributed by atoms with E-state index in [0.717, 1.165) is 24.0 Å². The van der Waals surface area contributed by atoms with Gasteiger partial charge in [0.05, 0.1) is 0 Å². The highest BCUT2D eigenvalue weighted by atomic mass is 16.4. The molecule has 0 bridgehead atoms. The summed E-state index contributed by atoms with van der Waals surface area (Å²) in [6.07, 6.45) is 0. The molecule has 2 rings (SSSR count). The van der Waals surface area contributed by atoms with E-state index >= 15 is 0 Å².